The molecule has 2 heterocycles. The van der Waals surface area contributed by atoms with Gasteiger partial charge in [0.2, 0.25) is 0 Å². The van der Waals surface area contributed by atoms with Gasteiger partial charge in [-0.3, -0.25) is 9.69 Å². The van der Waals surface area contributed by atoms with E-state index in [0.717, 1.165) is 48.7 Å². The predicted molar refractivity (Wildman–Crippen MR) is 123 cm³/mol. The van der Waals surface area contributed by atoms with Crippen LogP contribution >= 0.6 is 11.6 Å². The zero-order valence-corrected chi connectivity index (χ0v) is 18.8. The number of hydrogen-bond acceptors (Lipinski definition) is 3. The number of nitrogens with zero attached hydrogens (tertiary/aromatic N) is 3. The molecule has 2 aliphatic rings. The van der Waals surface area contributed by atoms with Gasteiger partial charge in [0, 0.05) is 11.4 Å². The second-order valence-electron chi connectivity index (χ2n) is 8.78. The van der Waals surface area contributed by atoms with E-state index in [4.69, 9.17) is 16.7 Å². The summed E-state index contributed by atoms with van der Waals surface area (Å²) in [7, 11) is 0. The number of carbonyl (C=O) groups excluding carboxylic acids is 1. The summed E-state index contributed by atoms with van der Waals surface area (Å²) >= 11 is 6.52. The Bertz CT molecular complexity index is 963. The number of amides is 1. The van der Waals surface area contributed by atoms with Gasteiger partial charge in [0.1, 0.15) is 0 Å². The van der Waals surface area contributed by atoms with Crippen molar-refractivity contribution in [2.45, 2.75) is 46.1 Å². The van der Waals surface area contributed by atoms with E-state index < -0.39 is 0 Å². The van der Waals surface area contributed by atoms with Gasteiger partial charge in [0.25, 0.3) is 5.91 Å². The third-order valence-electron chi connectivity index (χ3n) is 6.51. The van der Waals surface area contributed by atoms with Crippen LogP contribution in [0.2, 0.25) is 5.02 Å². The molecule has 0 radical (unpaired) electrons. The lowest BCUT2D eigenvalue weighted by Gasteiger charge is -2.31. The van der Waals surface area contributed by atoms with E-state index in [2.05, 4.69) is 43.9 Å². The van der Waals surface area contributed by atoms with Gasteiger partial charge < -0.3 is 0 Å². The van der Waals surface area contributed by atoms with Crippen molar-refractivity contribution in [3.8, 4) is 0 Å². The molecule has 2 aromatic rings. The minimum atomic E-state index is -0.161. The van der Waals surface area contributed by atoms with Crippen LogP contribution in [-0.4, -0.2) is 41.2 Å². The maximum absolute atomic E-state index is 13.3. The molecule has 0 saturated carbocycles. The molecule has 1 unspecified atom stereocenters. The van der Waals surface area contributed by atoms with Crippen molar-refractivity contribution in [3.05, 3.63) is 69.7 Å². The first-order valence-corrected chi connectivity index (χ1v) is 11.2. The first-order chi connectivity index (χ1) is 14.4. The average Bonchev–Trinajstić information content (AvgIpc) is 3.17. The highest BCUT2D eigenvalue weighted by molar-refractivity contribution is 6.31. The number of rotatable bonds is 4. The average molecular weight is 424 g/mol. The number of hydrogen-bond donors (Lipinski definition) is 0. The monoisotopic (exact) mass is 423 g/mol. The second kappa shape index (κ2) is 8.91. The molecule has 0 N–H and O–H groups in total. The highest BCUT2D eigenvalue weighted by Crippen LogP contribution is 2.36. The maximum atomic E-state index is 13.3. The van der Waals surface area contributed by atoms with Crippen LogP contribution in [0.4, 0.5) is 0 Å². The molecule has 0 aromatic heterocycles. The number of carbonyl (C=O) groups is 1. The van der Waals surface area contributed by atoms with Crippen LogP contribution in [0.3, 0.4) is 0 Å². The number of halogens is 1. The second-order valence-corrected chi connectivity index (χ2v) is 9.19. The van der Waals surface area contributed by atoms with Crippen molar-refractivity contribution in [2.24, 2.45) is 11.0 Å². The molecule has 158 valence electrons. The zero-order chi connectivity index (χ0) is 21.3. The molecule has 1 saturated heterocycles. The molecular formula is C25H30ClN3O. The summed E-state index contributed by atoms with van der Waals surface area (Å²) in [4.78, 5) is 15.6. The molecule has 0 bridgehead atoms. The molecule has 1 amide bonds. The predicted octanol–water partition coefficient (Wildman–Crippen LogP) is 5.37. The van der Waals surface area contributed by atoms with Crippen LogP contribution < -0.4 is 0 Å². The summed E-state index contributed by atoms with van der Waals surface area (Å²) in [5.74, 6) is 0.793. The molecule has 1 atom stereocenters. The molecule has 30 heavy (non-hydrogen) atoms. The highest BCUT2D eigenvalue weighted by Gasteiger charge is 2.35. The van der Waals surface area contributed by atoms with Gasteiger partial charge in [-0.25, -0.2) is 5.01 Å². The lowest BCUT2D eigenvalue weighted by molar-refractivity contribution is -0.134. The third-order valence-corrected chi connectivity index (χ3v) is 6.85. The number of benzene rings is 2. The summed E-state index contributed by atoms with van der Waals surface area (Å²) < 4.78 is 0. The van der Waals surface area contributed by atoms with Gasteiger partial charge >= 0.3 is 0 Å². The van der Waals surface area contributed by atoms with Crippen molar-refractivity contribution in [1.29, 1.82) is 0 Å². The van der Waals surface area contributed by atoms with E-state index in [1.165, 1.54) is 11.1 Å². The molecule has 4 rings (SSSR count). The Balaban J connectivity index is 1.61. The van der Waals surface area contributed by atoms with Crippen LogP contribution in [0.5, 0.6) is 0 Å². The topological polar surface area (TPSA) is 35.9 Å². The van der Waals surface area contributed by atoms with E-state index >= 15 is 0 Å². The summed E-state index contributed by atoms with van der Waals surface area (Å²) in [5, 5.41) is 7.19. The number of likely N-dealkylation sites (tertiary alicyclic amines) is 1. The van der Waals surface area contributed by atoms with E-state index in [1.807, 2.05) is 24.3 Å². The van der Waals surface area contributed by atoms with Gasteiger partial charge in [-0.05, 0) is 80.1 Å². The number of hydrazone groups is 1. The lowest BCUT2D eigenvalue weighted by Crippen LogP contribution is -2.41. The van der Waals surface area contributed by atoms with E-state index in [0.29, 0.717) is 18.0 Å². The van der Waals surface area contributed by atoms with Gasteiger partial charge in [-0.1, -0.05) is 48.9 Å². The van der Waals surface area contributed by atoms with Crippen LogP contribution in [-0.2, 0) is 4.79 Å². The first kappa shape index (κ1) is 21.1. The summed E-state index contributed by atoms with van der Waals surface area (Å²) in [6, 6.07) is 14.0. The SMILES string of the molecule is Cc1ccc(C2=NN(C(=O)CN3CCC(C)CC3)C(c3ccccc3Cl)C2)cc1C. The van der Waals surface area contributed by atoms with Crippen LogP contribution in [0.25, 0.3) is 0 Å². The Hall–Kier alpha value is -2.17. The van der Waals surface area contributed by atoms with Crippen molar-refractivity contribution >= 4 is 23.2 Å². The molecule has 0 aliphatic carbocycles. The van der Waals surface area contributed by atoms with Crippen molar-refractivity contribution < 1.29 is 4.79 Å². The summed E-state index contributed by atoms with van der Waals surface area (Å²) in [5.41, 5.74) is 5.48. The van der Waals surface area contributed by atoms with E-state index in [-0.39, 0.29) is 11.9 Å². The fraction of sp³-hybridized carbons (Fsp3) is 0.440. The third kappa shape index (κ3) is 4.45. The van der Waals surface area contributed by atoms with Gasteiger partial charge in [-0.15, -0.1) is 0 Å². The Labute approximate surface area is 184 Å². The normalized spacial score (nSPS) is 20.5. The number of aryl methyl sites for hydroxylation is 2. The maximum Gasteiger partial charge on any atom is 0.257 e. The fourth-order valence-corrected chi connectivity index (χ4v) is 4.57. The van der Waals surface area contributed by atoms with Gasteiger partial charge in [-0.2, -0.15) is 5.10 Å². The molecule has 1 fully saturated rings. The number of piperidine rings is 1. The van der Waals surface area contributed by atoms with Gasteiger partial charge in [0.05, 0.1) is 18.3 Å². The zero-order valence-electron chi connectivity index (χ0n) is 18.1. The summed E-state index contributed by atoms with van der Waals surface area (Å²) in [6.45, 7) is 8.87. The highest BCUT2D eigenvalue weighted by atomic mass is 35.5. The van der Waals surface area contributed by atoms with E-state index in [1.54, 1.807) is 5.01 Å². The minimum absolute atomic E-state index is 0.0494. The minimum Gasteiger partial charge on any atom is -0.294 e. The molecule has 5 heteroatoms. The largest absolute Gasteiger partial charge is 0.294 e. The standard InChI is InChI=1S/C25H30ClN3O/c1-17-10-12-28(13-11-17)16-25(30)29-24(21-6-4-5-7-22(21)26)15-23(27-29)20-9-8-18(2)19(3)14-20/h4-9,14,17,24H,10-13,15-16H2,1-3H3. The quantitative estimate of drug-likeness (QED) is 0.663. The van der Waals surface area contributed by atoms with Crippen molar-refractivity contribution in [3.63, 3.8) is 0 Å². The van der Waals surface area contributed by atoms with E-state index in [9.17, 15) is 4.79 Å². The summed E-state index contributed by atoms with van der Waals surface area (Å²) in [6.07, 6.45) is 2.98. The molecular weight excluding hydrogens is 394 g/mol. The Morgan fingerprint density at radius 1 is 1.10 bits per heavy atom. The first-order valence-electron chi connectivity index (χ1n) is 10.9. The van der Waals surface area contributed by atoms with Crippen molar-refractivity contribution in [1.82, 2.24) is 9.91 Å². The van der Waals surface area contributed by atoms with Gasteiger partial charge in [0.15, 0.2) is 0 Å². The lowest BCUT2D eigenvalue weighted by atomic mass is 9.96. The Kier molecular flexibility index (Phi) is 6.26. The Morgan fingerprint density at radius 2 is 1.83 bits per heavy atom. The van der Waals surface area contributed by atoms with Crippen molar-refractivity contribution in [2.75, 3.05) is 19.6 Å². The Morgan fingerprint density at radius 3 is 2.53 bits per heavy atom. The molecule has 2 aromatic carbocycles. The van der Waals surface area contributed by atoms with Crippen LogP contribution in [0.1, 0.15) is 54.5 Å². The smallest absolute Gasteiger partial charge is 0.257 e. The van der Waals surface area contributed by atoms with Crippen LogP contribution in [0.15, 0.2) is 47.6 Å². The fourth-order valence-electron chi connectivity index (χ4n) is 4.31. The molecule has 0 spiro atoms. The molecule has 4 nitrogen and oxygen atoms in total. The molecule has 2 aliphatic heterocycles. The van der Waals surface area contributed by atoms with Crippen LogP contribution in [0, 0.1) is 19.8 Å².